The number of aliphatic hydroxyl groups excluding tert-OH is 3. The first-order valence-electron chi connectivity index (χ1n) is 16.5. The molecular weight excluding hydrogens is 594 g/mol. The lowest BCUT2D eigenvalue weighted by Gasteiger charge is -2.42. The van der Waals surface area contributed by atoms with E-state index >= 15 is 0 Å². The van der Waals surface area contributed by atoms with Gasteiger partial charge >= 0.3 is 0 Å². The van der Waals surface area contributed by atoms with Crippen molar-refractivity contribution in [2.45, 2.75) is 52.2 Å². The number of nitrogens with one attached hydrogen (secondary N) is 1. The van der Waals surface area contributed by atoms with Gasteiger partial charge in [0, 0.05) is 58.5 Å². The van der Waals surface area contributed by atoms with Gasteiger partial charge in [0.05, 0.1) is 24.0 Å². The van der Waals surface area contributed by atoms with Crippen LogP contribution in [0.5, 0.6) is 0 Å². The van der Waals surface area contributed by atoms with Crippen molar-refractivity contribution in [3.05, 3.63) is 107 Å². The zero-order valence-electron chi connectivity index (χ0n) is 27.2. The normalized spacial score (nSPS) is 18.4. The highest BCUT2D eigenvalue weighted by Crippen LogP contribution is 2.36. The van der Waals surface area contributed by atoms with Gasteiger partial charge in [-0.2, -0.15) is 0 Å². The molecule has 5 heterocycles. The summed E-state index contributed by atoms with van der Waals surface area (Å²) in [6, 6.07) is 20.4. The van der Waals surface area contributed by atoms with Crippen LogP contribution >= 0.6 is 0 Å². The molecule has 2 aromatic heterocycles. The second-order valence-electron chi connectivity index (χ2n) is 11.7. The zero-order valence-corrected chi connectivity index (χ0v) is 27.2. The molecule has 2 atom stereocenters. The van der Waals surface area contributed by atoms with Gasteiger partial charge in [-0.15, -0.1) is 0 Å². The van der Waals surface area contributed by atoms with Crippen LogP contribution in [0.1, 0.15) is 67.4 Å². The van der Waals surface area contributed by atoms with E-state index in [-0.39, 0.29) is 6.61 Å². The number of guanidine groups is 1. The first-order chi connectivity index (χ1) is 23.0. The molecule has 0 saturated heterocycles. The number of fused-ring (bicyclic) bond motifs is 4. The van der Waals surface area contributed by atoms with Gasteiger partial charge in [-0.1, -0.05) is 60.7 Å². The number of anilines is 1. The van der Waals surface area contributed by atoms with Crippen LogP contribution in [0.2, 0.25) is 0 Å². The molecule has 47 heavy (non-hydrogen) atoms. The molecule has 4 N–H and O–H groups in total. The molecular formula is C35H45N9O3. The van der Waals surface area contributed by atoms with Gasteiger partial charge in [0.25, 0.3) is 0 Å². The van der Waals surface area contributed by atoms with Crippen LogP contribution in [0, 0.1) is 0 Å². The molecule has 7 rings (SSSR count). The molecule has 0 saturated carbocycles. The first kappa shape index (κ1) is 32.3. The van der Waals surface area contributed by atoms with Crippen LogP contribution in [0.4, 0.5) is 5.82 Å². The fourth-order valence-corrected chi connectivity index (χ4v) is 6.36. The summed E-state index contributed by atoms with van der Waals surface area (Å²) in [7, 11) is 0. The Hall–Kier alpha value is -4.65. The number of aliphatic hydroxyl groups is 3. The van der Waals surface area contributed by atoms with Gasteiger partial charge in [-0.05, 0) is 37.8 Å². The molecule has 4 aromatic rings. The summed E-state index contributed by atoms with van der Waals surface area (Å²) < 4.78 is 4.04. The Morgan fingerprint density at radius 1 is 0.809 bits per heavy atom. The highest BCUT2D eigenvalue weighted by atomic mass is 16.3. The van der Waals surface area contributed by atoms with E-state index in [9.17, 15) is 10.2 Å². The van der Waals surface area contributed by atoms with Crippen molar-refractivity contribution in [1.82, 2.24) is 34.2 Å². The van der Waals surface area contributed by atoms with Crippen LogP contribution in [-0.2, 0) is 13.1 Å². The number of hydrogen-bond acceptors (Lipinski definition) is 10. The number of aromatic nitrogens is 4. The largest absolute Gasteiger partial charge is 0.396 e. The highest BCUT2D eigenvalue weighted by Gasteiger charge is 2.38. The van der Waals surface area contributed by atoms with E-state index in [4.69, 9.17) is 5.11 Å². The number of benzene rings is 2. The molecule has 12 heteroatoms. The monoisotopic (exact) mass is 639 g/mol. The lowest BCUT2D eigenvalue weighted by atomic mass is 10.1. The van der Waals surface area contributed by atoms with Gasteiger partial charge in [0.2, 0.25) is 5.96 Å². The number of hydrogen-bond donors (Lipinski definition) is 4. The maximum atomic E-state index is 10.9. The minimum absolute atomic E-state index is 0.145. The minimum Gasteiger partial charge on any atom is -0.396 e. The summed E-state index contributed by atoms with van der Waals surface area (Å²) in [6.45, 7) is 9.34. The number of aliphatic imine (C=N–C) groups is 1. The summed E-state index contributed by atoms with van der Waals surface area (Å²) >= 11 is 0. The summed E-state index contributed by atoms with van der Waals surface area (Å²) in [6.07, 6.45) is 5.81. The van der Waals surface area contributed by atoms with Crippen LogP contribution in [0.3, 0.4) is 0 Å². The predicted octanol–water partition coefficient (Wildman–Crippen LogP) is 3.35. The SMILES string of the molecule is CCN1C(NCCCO)=Cc2ncn(Cc3ccccc3)c2[C@@H]1O.CCN1C2=NCCCN2c2ncn(Cc3ccccc3)c2[C@@H]1O. The lowest BCUT2D eigenvalue weighted by Crippen LogP contribution is -2.53. The van der Waals surface area contributed by atoms with Gasteiger partial charge in [0.1, 0.15) is 11.5 Å². The fraction of sp³-hybridized carbons (Fsp3) is 0.400. The van der Waals surface area contributed by atoms with Gasteiger partial charge in [-0.3, -0.25) is 9.89 Å². The smallest absolute Gasteiger partial charge is 0.204 e. The van der Waals surface area contributed by atoms with Crippen LogP contribution in [0.15, 0.2) is 84.1 Å². The highest BCUT2D eigenvalue weighted by molar-refractivity contribution is 5.98. The summed E-state index contributed by atoms with van der Waals surface area (Å²) in [5, 5.41) is 33.9. The Morgan fingerprint density at radius 3 is 2.06 bits per heavy atom. The summed E-state index contributed by atoms with van der Waals surface area (Å²) in [5.74, 6) is 2.54. The van der Waals surface area contributed by atoms with Crippen LogP contribution in [-0.4, -0.2) is 89.5 Å². The molecule has 0 amide bonds. The minimum atomic E-state index is -0.738. The molecule has 3 aliphatic rings. The molecule has 0 spiro atoms. The molecule has 3 aliphatic heterocycles. The number of imidazole rings is 2. The van der Waals surface area contributed by atoms with Crippen LogP contribution in [0.25, 0.3) is 6.08 Å². The van der Waals surface area contributed by atoms with Gasteiger partial charge < -0.3 is 39.6 Å². The molecule has 0 unspecified atom stereocenters. The quantitative estimate of drug-likeness (QED) is 0.193. The second-order valence-corrected chi connectivity index (χ2v) is 11.7. The van der Waals surface area contributed by atoms with E-state index in [1.54, 1.807) is 6.33 Å². The topological polar surface area (TPSA) is 130 Å². The maximum Gasteiger partial charge on any atom is 0.204 e. The lowest BCUT2D eigenvalue weighted by molar-refractivity contribution is 0.0170. The predicted molar refractivity (Wildman–Crippen MR) is 182 cm³/mol. The fourth-order valence-electron chi connectivity index (χ4n) is 6.36. The molecule has 0 bridgehead atoms. The third kappa shape index (κ3) is 6.76. The van der Waals surface area contributed by atoms with E-state index in [0.29, 0.717) is 39.1 Å². The van der Waals surface area contributed by atoms with E-state index in [2.05, 4.69) is 49.4 Å². The number of rotatable bonds is 10. The third-order valence-corrected chi connectivity index (χ3v) is 8.69. The van der Waals surface area contributed by atoms with E-state index in [1.165, 1.54) is 11.1 Å². The van der Waals surface area contributed by atoms with Crippen molar-refractivity contribution in [2.24, 2.45) is 4.99 Å². The molecule has 0 aliphatic carbocycles. The van der Waals surface area contributed by atoms with Crippen molar-refractivity contribution in [1.29, 1.82) is 0 Å². The first-order valence-corrected chi connectivity index (χ1v) is 16.5. The Labute approximate surface area is 275 Å². The Kier molecular flexibility index (Phi) is 10.2. The van der Waals surface area contributed by atoms with E-state index < -0.39 is 12.5 Å². The van der Waals surface area contributed by atoms with Gasteiger partial charge in [0.15, 0.2) is 18.3 Å². The van der Waals surface area contributed by atoms with Crippen molar-refractivity contribution in [2.75, 3.05) is 44.2 Å². The van der Waals surface area contributed by atoms with Crippen molar-refractivity contribution >= 4 is 17.9 Å². The second kappa shape index (κ2) is 14.8. The maximum absolute atomic E-state index is 10.9. The van der Waals surface area contributed by atoms with Crippen LogP contribution < -0.4 is 10.2 Å². The van der Waals surface area contributed by atoms with Gasteiger partial charge in [-0.25, -0.2) is 9.97 Å². The van der Waals surface area contributed by atoms with Crippen molar-refractivity contribution in [3.8, 4) is 0 Å². The summed E-state index contributed by atoms with van der Waals surface area (Å²) in [5.41, 5.74) is 4.82. The molecule has 2 aromatic carbocycles. The number of nitrogens with zero attached hydrogens (tertiary/aromatic N) is 8. The van der Waals surface area contributed by atoms with Crippen molar-refractivity contribution < 1.29 is 15.3 Å². The Balaban J connectivity index is 0.000000164. The Bertz CT molecular complexity index is 1670. The van der Waals surface area contributed by atoms with E-state index in [1.807, 2.05) is 81.6 Å². The van der Waals surface area contributed by atoms with Crippen molar-refractivity contribution in [3.63, 3.8) is 0 Å². The molecule has 0 radical (unpaired) electrons. The molecule has 12 nitrogen and oxygen atoms in total. The molecule has 0 fully saturated rings. The summed E-state index contributed by atoms with van der Waals surface area (Å²) in [4.78, 5) is 19.6. The average molecular weight is 640 g/mol. The standard InChI is InChI=1S/C18H24N4O2.C17H21N5O/c1-2-22-16(19-9-6-10-23)11-15-17(18(22)24)21(13-20-15)12-14-7-4-3-5-8-14;1-2-21-16(23)14-15(22-10-6-9-18-17(21)22)19-12-20(14)11-13-7-4-3-5-8-13/h3-5,7-8,11,13,18-19,23-24H,2,6,9-10,12H2,1H3;3-5,7-8,12,16,23H,2,6,9-11H2,1H3/t18-;16-/m00/s1. The Morgan fingerprint density at radius 2 is 1.43 bits per heavy atom. The molecule has 248 valence electrons. The average Bonchev–Trinajstić information content (AvgIpc) is 3.71. The zero-order chi connectivity index (χ0) is 32.8. The third-order valence-electron chi connectivity index (χ3n) is 8.69. The van der Waals surface area contributed by atoms with E-state index in [0.717, 1.165) is 54.2 Å².